The zero-order chi connectivity index (χ0) is 0. The van der Waals surface area contributed by atoms with Gasteiger partial charge in [-0.3, -0.25) is 0 Å². The Kier molecular flexibility index (Phi) is 1280. The van der Waals surface area contributed by atoms with Gasteiger partial charge in [0.2, 0.25) is 0 Å². The van der Waals surface area contributed by atoms with E-state index >= 15 is 0 Å². The van der Waals surface area contributed by atoms with Crippen molar-refractivity contribution in [3.05, 3.63) is 18.5 Å². The summed E-state index contributed by atoms with van der Waals surface area (Å²) in [6.07, 6.45) is 0. The largest absolute Gasteiger partial charge is 3.00 e. The number of hydrogen-bond acceptors (Lipinski definition) is 0. The summed E-state index contributed by atoms with van der Waals surface area (Å²) in [5, 5.41) is 0. The van der Waals surface area contributed by atoms with Crippen molar-refractivity contribution in [3.8, 4) is 0 Å². The summed E-state index contributed by atoms with van der Waals surface area (Å²) >= 11 is 0. The van der Waals surface area contributed by atoms with Gasteiger partial charge in [-0.25, -0.2) is 0 Å². The van der Waals surface area contributed by atoms with Gasteiger partial charge in [-0.1, -0.05) is 0 Å². The van der Waals surface area contributed by atoms with E-state index in [1.165, 1.54) is 0 Å². The number of rotatable bonds is 0. The second kappa shape index (κ2) is 70.0. The van der Waals surface area contributed by atoms with Crippen molar-refractivity contribution >= 4 is 60.6 Å². The Bertz CT molecular complexity index is 8.75. The van der Waals surface area contributed by atoms with E-state index in [1.54, 1.807) is 0 Å². The predicted octanol–water partition coefficient (Wildman–Crippen LogP) is -0.276. The first kappa shape index (κ1) is 110. The van der Waals surface area contributed by atoms with E-state index < -0.39 is 0 Å². The van der Waals surface area contributed by atoms with Crippen LogP contribution >= 0.6 is 0 Å². The molecular weight excluding hydrogens is 211 g/mol. The fraction of sp³-hybridized carbons (Fsp3) is 0. The van der Waals surface area contributed by atoms with E-state index in [-0.39, 0.29) is 79.0 Å². The minimum absolute atomic E-state index is 0. The molecule has 0 amide bonds. The fourth-order valence-electron chi connectivity index (χ4n) is 0. The Morgan fingerprint density at radius 3 is 0.500 bits per heavy atom. The molecular formula is Al2InN3. The van der Waals surface area contributed by atoms with Gasteiger partial charge in [0.25, 0.3) is 0 Å². The van der Waals surface area contributed by atoms with Crippen LogP contribution in [0.2, 0.25) is 0 Å². The minimum Gasteiger partial charge on any atom is -3.00 e. The summed E-state index contributed by atoms with van der Waals surface area (Å²) in [4.78, 5) is 0. The molecule has 0 aromatic carbocycles. The SMILES string of the molecule is [Al+3].[Al+3].[In+3].[N-3].[N-3].[N-3]. The van der Waals surface area contributed by atoms with Crippen molar-refractivity contribution in [2.45, 2.75) is 0 Å². The normalized spacial score (nSPS) is 0. The topological polar surface area (TPSA) is 91.5 Å². The smallest absolute Gasteiger partial charge is 3.00 e. The summed E-state index contributed by atoms with van der Waals surface area (Å²) in [6, 6.07) is 0. The van der Waals surface area contributed by atoms with Gasteiger partial charge in [0.05, 0.1) is 0 Å². The molecule has 0 spiro atoms. The van der Waals surface area contributed by atoms with Gasteiger partial charge in [0.15, 0.2) is 0 Å². The van der Waals surface area contributed by atoms with Gasteiger partial charge < -0.3 is 18.5 Å². The molecule has 0 saturated carbocycles. The van der Waals surface area contributed by atoms with Crippen molar-refractivity contribution in [3.63, 3.8) is 0 Å². The zero-order valence-corrected chi connectivity index (χ0v) is 8.68. The van der Waals surface area contributed by atoms with E-state index in [2.05, 4.69) is 0 Å². The molecule has 3 nitrogen and oxygen atoms in total. The third-order valence-electron chi connectivity index (χ3n) is 0. The molecule has 0 aromatic rings. The molecule has 24 valence electrons. The van der Waals surface area contributed by atoms with Crippen LogP contribution < -0.4 is 0 Å². The van der Waals surface area contributed by atoms with Crippen molar-refractivity contribution < 1.29 is 0 Å². The van der Waals surface area contributed by atoms with Gasteiger partial charge in [-0.2, -0.15) is 0 Å². The van der Waals surface area contributed by atoms with E-state index in [0.29, 0.717) is 0 Å². The molecule has 0 fully saturated rings. The van der Waals surface area contributed by atoms with Crippen LogP contribution in [-0.2, 0) is 0 Å². The number of nitrogens with zero attached hydrogens (tertiary/aromatic N) is 3. The molecule has 0 aliphatic rings. The first-order valence-electron chi connectivity index (χ1n) is 0. The summed E-state index contributed by atoms with van der Waals surface area (Å²) in [6.45, 7) is 0. The van der Waals surface area contributed by atoms with Crippen molar-refractivity contribution in [2.75, 3.05) is 0 Å². The van der Waals surface area contributed by atoms with E-state index in [1.807, 2.05) is 0 Å². The van der Waals surface area contributed by atoms with Crippen LogP contribution in [0, 0.1) is 0 Å². The Morgan fingerprint density at radius 2 is 0.500 bits per heavy atom. The maximum Gasteiger partial charge on any atom is 3.00 e. The summed E-state index contributed by atoms with van der Waals surface area (Å²) < 4.78 is 0. The molecule has 6 heavy (non-hydrogen) atoms. The van der Waals surface area contributed by atoms with Crippen molar-refractivity contribution in [1.29, 1.82) is 0 Å². The maximum absolute atomic E-state index is 0. The van der Waals surface area contributed by atoms with Crippen LogP contribution in [0.4, 0.5) is 0 Å². The van der Waals surface area contributed by atoms with Crippen LogP contribution in [0.25, 0.3) is 18.5 Å². The molecule has 0 saturated heterocycles. The van der Waals surface area contributed by atoms with Gasteiger partial charge in [0.1, 0.15) is 0 Å². The first-order valence-corrected chi connectivity index (χ1v) is 0. The molecule has 0 aromatic heterocycles. The second-order valence-corrected chi connectivity index (χ2v) is 0. The molecule has 0 aliphatic carbocycles. The molecule has 6 heteroatoms. The fourth-order valence-corrected chi connectivity index (χ4v) is 0. The monoisotopic (exact) mass is 211 g/mol. The van der Waals surface area contributed by atoms with Crippen molar-refractivity contribution in [2.24, 2.45) is 0 Å². The van der Waals surface area contributed by atoms with Crippen LogP contribution in [0.5, 0.6) is 0 Å². The van der Waals surface area contributed by atoms with Crippen LogP contribution in [0.1, 0.15) is 0 Å². The molecule has 0 bridgehead atoms. The van der Waals surface area contributed by atoms with E-state index in [4.69, 9.17) is 0 Å². The van der Waals surface area contributed by atoms with E-state index in [9.17, 15) is 0 Å². The molecule has 0 heterocycles. The minimum atomic E-state index is 0. The van der Waals surface area contributed by atoms with E-state index in [0.717, 1.165) is 0 Å². The second-order valence-electron chi connectivity index (χ2n) is 0. The Balaban J connectivity index is 0. The van der Waals surface area contributed by atoms with Crippen LogP contribution in [0.15, 0.2) is 0 Å². The maximum atomic E-state index is 0. The third-order valence-corrected chi connectivity index (χ3v) is 0. The van der Waals surface area contributed by atoms with Gasteiger partial charge >= 0.3 is 60.6 Å². The molecule has 0 rings (SSSR count). The first-order chi connectivity index (χ1) is 0. The summed E-state index contributed by atoms with van der Waals surface area (Å²) in [5.74, 6) is 0. The standard InChI is InChI=1S/2Al.In.3N/q3*+3;3*-3. The van der Waals surface area contributed by atoms with Gasteiger partial charge in [-0.05, 0) is 0 Å². The molecule has 0 atom stereocenters. The van der Waals surface area contributed by atoms with Gasteiger partial charge in [-0.15, -0.1) is 0 Å². The van der Waals surface area contributed by atoms with Crippen LogP contribution in [0.3, 0.4) is 0 Å². The average molecular weight is 211 g/mol. The molecule has 0 unspecified atom stereocenters. The average Bonchev–Trinajstić information content (AvgIpc) is 0. The Morgan fingerprint density at radius 1 is 0.500 bits per heavy atom. The number of hydrogen-bond donors (Lipinski definition) is 0. The van der Waals surface area contributed by atoms with Crippen molar-refractivity contribution in [1.82, 2.24) is 0 Å². The summed E-state index contributed by atoms with van der Waals surface area (Å²) in [5.41, 5.74) is 0. The zero-order valence-electron chi connectivity index (χ0n) is 3.07. The Labute approximate surface area is 78.4 Å². The summed E-state index contributed by atoms with van der Waals surface area (Å²) in [7, 11) is 0. The van der Waals surface area contributed by atoms with Crippen LogP contribution in [-0.4, -0.2) is 60.6 Å². The Hall–Kier alpha value is 1.82. The third kappa shape index (κ3) is 40.9. The molecule has 0 radical (unpaired) electrons. The molecule has 0 aliphatic heterocycles. The van der Waals surface area contributed by atoms with Gasteiger partial charge in [0, 0.05) is 0 Å². The molecule has 0 N–H and O–H groups in total. The quantitative estimate of drug-likeness (QED) is 0.493. The predicted molar refractivity (Wildman–Crippen MR) is 27.3 cm³/mol.